The molecular formula is C14H15BrFNO2. The van der Waals surface area contributed by atoms with E-state index in [0.29, 0.717) is 10.0 Å². The van der Waals surface area contributed by atoms with Crippen LogP contribution in [-0.4, -0.2) is 18.2 Å². The van der Waals surface area contributed by atoms with Gasteiger partial charge in [-0.25, -0.2) is 9.18 Å². The molecule has 0 saturated carbocycles. The van der Waals surface area contributed by atoms with Crippen LogP contribution in [0.2, 0.25) is 0 Å². The average Bonchev–Trinajstić information content (AvgIpc) is 2.26. The third kappa shape index (κ3) is 6.25. The third-order valence-corrected chi connectivity index (χ3v) is 2.56. The van der Waals surface area contributed by atoms with E-state index in [1.54, 1.807) is 26.8 Å². The highest BCUT2D eigenvalue weighted by Crippen LogP contribution is 2.16. The molecular weight excluding hydrogens is 313 g/mol. The van der Waals surface area contributed by atoms with Crippen molar-refractivity contribution in [1.82, 2.24) is 5.32 Å². The van der Waals surface area contributed by atoms with Crippen LogP contribution in [0.1, 0.15) is 26.3 Å². The van der Waals surface area contributed by atoms with Gasteiger partial charge in [0, 0.05) is 10.0 Å². The summed E-state index contributed by atoms with van der Waals surface area (Å²) in [6.07, 6.45) is -0.528. The van der Waals surface area contributed by atoms with Gasteiger partial charge in [-0.1, -0.05) is 11.8 Å². The van der Waals surface area contributed by atoms with Crippen LogP contribution in [0.15, 0.2) is 22.7 Å². The first-order chi connectivity index (χ1) is 8.78. The van der Waals surface area contributed by atoms with Crippen molar-refractivity contribution >= 4 is 22.0 Å². The average molecular weight is 328 g/mol. The number of rotatable bonds is 1. The Morgan fingerprint density at radius 2 is 2.16 bits per heavy atom. The van der Waals surface area contributed by atoms with Crippen LogP contribution < -0.4 is 5.32 Å². The van der Waals surface area contributed by atoms with E-state index in [-0.39, 0.29) is 12.4 Å². The number of hydrogen-bond acceptors (Lipinski definition) is 2. The Kier molecular flexibility index (Phi) is 5.37. The van der Waals surface area contributed by atoms with E-state index in [1.165, 1.54) is 12.1 Å². The van der Waals surface area contributed by atoms with Gasteiger partial charge in [-0.2, -0.15) is 0 Å². The molecule has 0 aliphatic heterocycles. The quantitative estimate of drug-likeness (QED) is 0.802. The Morgan fingerprint density at radius 3 is 2.79 bits per heavy atom. The Labute approximate surface area is 120 Å². The van der Waals surface area contributed by atoms with Crippen molar-refractivity contribution in [1.29, 1.82) is 0 Å². The summed E-state index contributed by atoms with van der Waals surface area (Å²) in [6, 6.07) is 4.25. The molecule has 1 amide bonds. The Morgan fingerprint density at radius 1 is 1.47 bits per heavy atom. The van der Waals surface area contributed by atoms with Crippen LogP contribution >= 0.6 is 15.9 Å². The van der Waals surface area contributed by atoms with Crippen LogP contribution in [0, 0.1) is 17.7 Å². The summed E-state index contributed by atoms with van der Waals surface area (Å²) in [7, 11) is 0. The van der Waals surface area contributed by atoms with Crippen LogP contribution in [0.3, 0.4) is 0 Å². The van der Waals surface area contributed by atoms with Gasteiger partial charge >= 0.3 is 6.09 Å². The van der Waals surface area contributed by atoms with Gasteiger partial charge in [-0.3, -0.25) is 0 Å². The van der Waals surface area contributed by atoms with Gasteiger partial charge in [0.2, 0.25) is 0 Å². The molecule has 0 heterocycles. The van der Waals surface area contributed by atoms with Crippen LogP contribution in [0.25, 0.3) is 0 Å². The zero-order valence-corrected chi connectivity index (χ0v) is 12.6. The van der Waals surface area contributed by atoms with E-state index in [0.717, 1.165) is 0 Å². The number of alkyl carbamates (subject to hydrolysis) is 1. The summed E-state index contributed by atoms with van der Waals surface area (Å²) in [4.78, 5) is 11.3. The van der Waals surface area contributed by atoms with E-state index in [4.69, 9.17) is 4.74 Å². The molecule has 1 rings (SSSR count). The molecule has 19 heavy (non-hydrogen) atoms. The normalized spacial score (nSPS) is 10.4. The molecule has 0 aromatic heterocycles. The number of amides is 1. The molecule has 1 aromatic carbocycles. The SMILES string of the molecule is CC(C)(C)OC(=O)NCC#Cc1cc(F)ccc1Br. The summed E-state index contributed by atoms with van der Waals surface area (Å²) in [5.41, 5.74) is -0.00527. The van der Waals surface area contributed by atoms with Crippen molar-refractivity contribution in [3.8, 4) is 11.8 Å². The lowest BCUT2D eigenvalue weighted by Gasteiger charge is -2.19. The summed E-state index contributed by atoms with van der Waals surface area (Å²) in [5, 5.41) is 2.50. The molecule has 0 aliphatic carbocycles. The molecule has 102 valence electrons. The fourth-order valence-corrected chi connectivity index (χ4v) is 1.51. The first-order valence-corrected chi connectivity index (χ1v) is 6.48. The van der Waals surface area contributed by atoms with Crippen molar-refractivity contribution in [3.63, 3.8) is 0 Å². The Bertz CT molecular complexity index is 526. The number of carbonyl (C=O) groups is 1. The maximum atomic E-state index is 13.0. The molecule has 0 fully saturated rings. The number of hydrogen-bond donors (Lipinski definition) is 1. The van der Waals surface area contributed by atoms with Gasteiger partial charge in [0.15, 0.2) is 0 Å². The summed E-state index contributed by atoms with van der Waals surface area (Å²) in [5.74, 6) is 5.14. The number of nitrogens with one attached hydrogen (secondary N) is 1. The molecule has 3 nitrogen and oxygen atoms in total. The number of benzene rings is 1. The minimum Gasteiger partial charge on any atom is -0.444 e. The smallest absolute Gasteiger partial charge is 0.408 e. The van der Waals surface area contributed by atoms with Crippen molar-refractivity contribution in [2.24, 2.45) is 0 Å². The van der Waals surface area contributed by atoms with E-state index in [9.17, 15) is 9.18 Å². The number of carbonyl (C=O) groups excluding carboxylic acids is 1. The fourth-order valence-electron chi connectivity index (χ4n) is 1.16. The second-order valence-electron chi connectivity index (χ2n) is 4.78. The van der Waals surface area contributed by atoms with Crippen molar-refractivity contribution in [2.45, 2.75) is 26.4 Å². The highest BCUT2D eigenvalue weighted by atomic mass is 79.9. The van der Waals surface area contributed by atoms with Gasteiger partial charge in [-0.15, -0.1) is 0 Å². The highest BCUT2D eigenvalue weighted by molar-refractivity contribution is 9.10. The van der Waals surface area contributed by atoms with E-state index >= 15 is 0 Å². The lowest BCUT2D eigenvalue weighted by atomic mass is 10.2. The molecule has 0 bridgehead atoms. The molecule has 0 aliphatic rings. The maximum Gasteiger partial charge on any atom is 0.408 e. The predicted octanol–water partition coefficient (Wildman–Crippen LogP) is 3.46. The molecule has 1 aromatic rings. The van der Waals surface area contributed by atoms with E-state index < -0.39 is 11.7 Å². The summed E-state index contributed by atoms with van der Waals surface area (Å²) >= 11 is 3.27. The fraction of sp³-hybridized carbons (Fsp3) is 0.357. The lowest BCUT2D eigenvalue weighted by Crippen LogP contribution is -2.32. The Balaban J connectivity index is 2.52. The third-order valence-electron chi connectivity index (χ3n) is 1.87. The van der Waals surface area contributed by atoms with Crippen molar-refractivity contribution < 1.29 is 13.9 Å². The highest BCUT2D eigenvalue weighted by Gasteiger charge is 2.14. The number of halogens is 2. The van der Waals surface area contributed by atoms with Crippen molar-refractivity contribution in [3.05, 3.63) is 34.1 Å². The molecule has 0 unspecified atom stereocenters. The lowest BCUT2D eigenvalue weighted by molar-refractivity contribution is 0.0535. The molecule has 1 N–H and O–H groups in total. The molecule has 0 spiro atoms. The van der Waals surface area contributed by atoms with Crippen LogP contribution in [-0.2, 0) is 4.74 Å². The summed E-state index contributed by atoms with van der Waals surface area (Å²) < 4.78 is 18.7. The maximum absolute atomic E-state index is 13.0. The first kappa shape index (κ1) is 15.5. The monoisotopic (exact) mass is 327 g/mol. The van der Waals surface area contributed by atoms with Gasteiger partial charge in [0.05, 0.1) is 6.54 Å². The van der Waals surface area contributed by atoms with Gasteiger partial charge in [-0.05, 0) is 54.9 Å². The van der Waals surface area contributed by atoms with Gasteiger partial charge in [0.1, 0.15) is 11.4 Å². The predicted molar refractivity (Wildman–Crippen MR) is 75.2 cm³/mol. The zero-order chi connectivity index (χ0) is 14.5. The van der Waals surface area contributed by atoms with Gasteiger partial charge < -0.3 is 10.1 Å². The molecule has 0 atom stereocenters. The minimum atomic E-state index is -0.539. The first-order valence-electron chi connectivity index (χ1n) is 5.69. The molecule has 0 radical (unpaired) electrons. The minimum absolute atomic E-state index is 0.137. The molecule has 0 saturated heterocycles. The second kappa shape index (κ2) is 6.58. The standard InChI is InChI=1S/C14H15BrFNO2/c1-14(2,3)19-13(18)17-8-4-5-10-9-11(16)6-7-12(10)15/h6-7,9H,8H2,1-3H3,(H,17,18). The zero-order valence-electron chi connectivity index (χ0n) is 11.0. The number of ether oxygens (including phenoxy) is 1. The van der Waals surface area contributed by atoms with Crippen LogP contribution in [0.5, 0.6) is 0 Å². The molecule has 5 heteroatoms. The topological polar surface area (TPSA) is 38.3 Å². The van der Waals surface area contributed by atoms with Crippen molar-refractivity contribution in [2.75, 3.05) is 6.54 Å². The van der Waals surface area contributed by atoms with E-state index in [2.05, 4.69) is 33.1 Å². The Hall–Kier alpha value is -1.54. The summed E-state index contributed by atoms with van der Waals surface area (Å²) in [6.45, 7) is 5.48. The van der Waals surface area contributed by atoms with E-state index in [1.807, 2.05) is 0 Å². The van der Waals surface area contributed by atoms with Crippen LogP contribution in [0.4, 0.5) is 9.18 Å². The second-order valence-corrected chi connectivity index (χ2v) is 5.64. The van der Waals surface area contributed by atoms with Gasteiger partial charge in [0.25, 0.3) is 0 Å². The largest absolute Gasteiger partial charge is 0.444 e.